The molecule has 0 atom stereocenters. The maximum atomic E-state index is 3.34. The largest absolute Gasteiger partial charge is 1.00 e. The first-order valence-electron chi connectivity index (χ1n) is 9.83. The van der Waals surface area contributed by atoms with Gasteiger partial charge in [0.2, 0.25) is 0 Å². The van der Waals surface area contributed by atoms with Gasteiger partial charge in [-0.15, -0.1) is 59.3 Å². The van der Waals surface area contributed by atoms with Crippen LogP contribution in [0.4, 0.5) is 0 Å². The minimum atomic E-state index is -1.15. The number of rotatable bonds is 2. The topological polar surface area (TPSA) is 0 Å². The van der Waals surface area contributed by atoms with Crippen molar-refractivity contribution in [2.45, 2.75) is 39.3 Å². The van der Waals surface area contributed by atoms with E-state index in [1.54, 1.807) is 10.4 Å². The van der Waals surface area contributed by atoms with Crippen LogP contribution < -0.4 is 35.2 Å². The Morgan fingerprint density at radius 3 is 1.20 bits per heavy atom. The Bertz CT molecular complexity index is 952. The summed E-state index contributed by atoms with van der Waals surface area (Å²) in [5.74, 6) is 0. The average molecular weight is 551 g/mol. The van der Waals surface area contributed by atoms with E-state index in [-0.39, 0.29) is 24.8 Å². The predicted molar refractivity (Wildman–Crippen MR) is 132 cm³/mol. The number of benzene rings is 2. The fraction of sp³-hybridized carbons (Fsp3) is 0.240. The molecule has 0 saturated carbocycles. The number of hydrogen-bond donors (Lipinski definition) is 0. The quantitative estimate of drug-likeness (QED) is 0.247. The third-order valence-electron chi connectivity index (χ3n) is 4.98. The maximum absolute atomic E-state index is 3.34. The first kappa shape index (κ1) is 29.4. The van der Waals surface area contributed by atoms with E-state index in [4.69, 9.17) is 0 Å². The van der Waals surface area contributed by atoms with Crippen LogP contribution in [0.15, 0.2) is 72.8 Å². The van der Waals surface area contributed by atoms with Crippen LogP contribution >= 0.6 is 0 Å². The molecule has 0 amide bonds. The Morgan fingerprint density at radius 2 is 0.900 bits per heavy atom. The van der Waals surface area contributed by atoms with Gasteiger partial charge in [0.25, 0.3) is 0 Å². The molecular weight excluding hydrogens is 519 g/mol. The van der Waals surface area contributed by atoms with Crippen LogP contribution in [0.25, 0.3) is 21.5 Å². The van der Waals surface area contributed by atoms with Gasteiger partial charge in [0.1, 0.15) is 0 Å². The van der Waals surface area contributed by atoms with E-state index in [0.29, 0.717) is 0 Å². The van der Waals surface area contributed by atoms with Crippen LogP contribution in [0.3, 0.4) is 0 Å². The van der Waals surface area contributed by atoms with Crippen LogP contribution in [-0.4, -0.2) is 20.4 Å². The molecule has 0 heterocycles. The van der Waals surface area contributed by atoms with Crippen molar-refractivity contribution in [3.63, 3.8) is 0 Å². The Kier molecular flexibility index (Phi) is 12.2. The first-order valence-corrected chi connectivity index (χ1v) is 18.6. The zero-order valence-corrected chi connectivity index (χ0v) is 24.9. The molecule has 0 aliphatic rings. The van der Waals surface area contributed by atoms with Crippen molar-refractivity contribution < 1.29 is 49.0 Å². The summed E-state index contributed by atoms with van der Waals surface area (Å²) in [7, 11) is -2.29. The summed E-state index contributed by atoms with van der Waals surface area (Å²) < 4.78 is 3.34. The van der Waals surface area contributed by atoms with Crippen molar-refractivity contribution in [3.8, 4) is 0 Å². The summed E-state index contributed by atoms with van der Waals surface area (Å²) in [4.78, 5) is 0. The molecule has 0 N–H and O–H groups in total. The summed E-state index contributed by atoms with van der Waals surface area (Å²) in [6.45, 7) is 14.4. The molecule has 4 aromatic rings. The van der Waals surface area contributed by atoms with Gasteiger partial charge in [0, 0.05) is 16.1 Å². The molecule has 0 unspecified atom stereocenters. The summed E-state index contributed by atoms with van der Waals surface area (Å²) >= 11 is 1.30. The fourth-order valence-electron chi connectivity index (χ4n) is 3.61. The molecular formula is C25H32Cl2Si2Zr-2. The standard InChI is InChI=1S/2C12H15Si.CH2.2ClH.Zr/c2*1-13(2,3)12-9-8-10-6-4-5-7-11(10)12;;;;/h2*4-9H,1-3H3;1H2;2*1H;/q2*-1;;;;+2/p-2. The van der Waals surface area contributed by atoms with Crippen LogP contribution in [-0.2, 0) is 24.2 Å². The molecule has 0 nitrogen and oxygen atoms in total. The Hall–Kier alpha value is -0.573. The zero-order chi connectivity index (χ0) is 20.9. The summed E-state index contributed by atoms with van der Waals surface area (Å²) in [6.07, 6.45) is 0. The minimum Gasteiger partial charge on any atom is -1.00 e. The van der Waals surface area contributed by atoms with E-state index in [0.717, 1.165) is 0 Å². The summed E-state index contributed by atoms with van der Waals surface area (Å²) in [6, 6.07) is 26.4. The van der Waals surface area contributed by atoms with E-state index in [1.165, 1.54) is 45.8 Å². The molecule has 0 aliphatic carbocycles. The molecule has 0 radical (unpaired) electrons. The SMILES string of the molecule is C[Si](C)(C)c1c[cH-]c2ccccc12.C[Si](C)(C)c1c[cH-]c2ccccc12.[CH2]=[Zr+2].[Cl-].[Cl-]. The zero-order valence-electron chi connectivity index (χ0n) is 18.9. The second kappa shape index (κ2) is 12.5. The van der Waals surface area contributed by atoms with E-state index in [1.807, 2.05) is 0 Å². The van der Waals surface area contributed by atoms with Crippen molar-refractivity contribution in [1.29, 1.82) is 0 Å². The number of fused-ring (bicyclic) bond motifs is 2. The van der Waals surface area contributed by atoms with Crippen LogP contribution in [0, 0.1) is 0 Å². The third kappa shape index (κ3) is 7.24. The molecule has 0 spiro atoms. The van der Waals surface area contributed by atoms with Gasteiger partial charge in [-0.2, -0.15) is 33.3 Å². The molecule has 0 saturated heterocycles. The molecule has 0 aliphatic heterocycles. The smallest absolute Gasteiger partial charge is 1.00 e. The van der Waals surface area contributed by atoms with Crippen LogP contribution in [0.1, 0.15) is 0 Å². The van der Waals surface area contributed by atoms with Gasteiger partial charge in [-0.05, 0) is 0 Å². The van der Waals surface area contributed by atoms with Gasteiger partial charge in [-0.25, -0.2) is 0 Å². The number of hydrogen-bond acceptors (Lipinski definition) is 0. The molecule has 0 aromatic heterocycles. The Morgan fingerprint density at radius 1 is 0.600 bits per heavy atom. The predicted octanol–water partition coefficient (Wildman–Crippen LogP) is 0.181. The van der Waals surface area contributed by atoms with Gasteiger partial charge >= 0.3 is 28.4 Å². The van der Waals surface area contributed by atoms with Crippen molar-refractivity contribution in [1.82, 2.24) is 0 Å². The molecule has 30 heavy (non-hydrogen) atoms. The molecule has 4 aromatic carbocycles. The normalized spacial score (nSPS) is 10.8. The Labute approximate surface area is 212 Å². The Balaban J connectivity index is 0.000000488. The monoisotopic (exact) mass is 548 g/mol. The maximum Gasteiger partial charge on any atom is -1.00 e. The van der Waals surface area contributed by atoms with Gasteiger partial charge in [-0.1, -0.05) is 51.4 Å². The van der Waals surface area contributed by atoms with Gasteiger partial charge in [-0.3, -0.25) is 0 Å². The second-order valence-electron chi connectivity index (χ2n) is 9.17. The van der Waals surface area contributed by atoms with Crippen LogP contribution in [0.2, 0.25) is 39.3 Å². The molecule has 5 heteroatoms. The van der Waals surface area contributed by atoms with Gasteiger partial charge in [0.05, 0.1) is 0 Å². The first-order chi connectivity index (χ1) is 13.2. The molecule has 0 fully saturated rings. The van der Waals surface area contributed by atoms with E-state index in [9.17, 15) is 0 Å². The van der Waals surface area contributed by atoms with E-state index in [2.05, 4.69) is 116 Å². The second-order valence-corrected chi connectivity index (χ2v) is 19.2. The van der Waals surface area contributed by atoms with E-state index >= 15 is 0 Å². The molecule has 0 bridgehead atoms. The summed E-state index contributed by atoms with van der Waals surface area (Å²) in [5, 5.41) is 8.87. The fourth-order valence-corrected chi connectivity index (χ4v) is 6.85. The van der Waals surface area contributed by atoms with Crippen molar-refractivity contribution in [2.75, 3.05) is 0 Å². The van der Waals surface area contributed by atoms with Crippen molar-refractivity contribution in [3.05, 3.63) is 72.8 Å². The summed E-state index contributed by atoms with van der Waals surface area (Å²) in [5.41, 5.74) is 0. The van der Waals surface area contributed by atoms with Crippen molar-refractivity contribution >= 4 is 52.3 Å². The molecule has 4 rings (SSSR count). The number of halogens is 2. The van der Waals surface area contributed by atoms with Gasteiger partial charge < -0.3 is 24.8 Å². The van der Waals surface area contributed by atoms with Crippen LogP contribution in [0.5, 0.6) is 0 Å². The minimum absolute atomic E-state index is 0. The average Bonchev–Trinajstić information content (AvgIpc) is 3.27. The van der Waals surface area contributed by atoms with Gasteiger partial charge in [0.15, 0.2) is 0 Å². The molecule has 160 valence electrons. The van der Waals surface area contributed by atoms with E-state index < -0.39 is 16.1 Å². The third-order valence-corrected chi connectivity index (χ3v) is 9.08. The van der Waals surface area contributed by atoms with Crippen molar-refractivity contribution in [2.24, 2.45) is 0 Å².